The lowest BCUT2D eigenvalue weighted by atomic mass is 10.2. The van der Waals surface area contributed by atoms with Crippen molar-refractivity contribution in [2.45, 2.75) is 23.7 Å². The molecule has 0 unspecified atom stereocenters. The number of carbonyl (C=O) groups excluding carboxylic acids is 1. The molecular weight excluding hydrogens is 427 g/mol. The van der Waals surface area contributed by atoms with Gasteiger partial charge >= 0.3 is 12.2 Å². The van der Waals surface area contributed by atoms with Gasteiger partial charge in [0.15, 0.2) is 6.61 Å². The van der Waals surface area contributed by atoms with E-state index in [0.29, 0.717) is 28.4 Å². The molecule has 0 aliphatic heterocycles. The number of benzene rings is 2. The molecule has 9 heteroatoms. The first kappa shape index (κ1) is 22.5. The second-order valence-corrected chi connectivity index (χ2v) is 7.59. The van der Waals surface area contributed by atoms with Crippen LogP contribution in [0.15, 0.2) is 71.8 Å². The van der Waals surface area contributed by atoms with Gasteiger partial charge in [0.1, 0.15) is 5.75 Å². The summed E-state index contributed by atoms with van der Waals surface area (Å²) >= 11 is 1.48. The Hall–Kier alpha value is -3.20. The Kier molecular flexibility index (Phi) is 7.41. The number of hydrogen-bond donors (Lipinski definition) is 2. The monoisotopic (exact) mass is 447 g/mol. The van der Waals surface area contributed by atoms with Gasteiger partial charge < -0.3 is 15.4 Å². The number of rotatable bonds is 7. The highest BCUT2D eigenvalue weighted by molar-refractivity contribution is 7.98. The first-order valence-electron chi connectivity index (χ1n) is 9.30. The van der Waals surface area contributed by atoms with Gasteiger partial charge in [-0.05, 0) is 49.4 Å². The zero-order valence-corrected chi connectivity index (χ0v) is 17.4. The fraction of sp³-hybridized carbons (Fsp3) is 0.182. The Morgan fingerprint density at radius 1 is 1.00 bits per heavy atom. The Bertz CT molecular complexity index is 1010. The molecule has 162 valence electrons. The van der Waals surface area contributed by atoms with Crippen molar-refractivity contribution in [2.24, 2.45) is 0 Å². The van der Waals surface area contributed by atoms with Crippen molar-refractivity contribution in [1.82, 2.24) is 4.98 Å². The summed E-state index contributed by atoms with van der Waals surface area (Å²) < 4.78 is 42.0. The van der Waals surface area contributed by atoms with E-state index in [-0.39, 0.29) is 11.8 Å². The van der Waals surface area contributed by atoms with Gasteiger partial charge in [0, 0.05) is 33.8 Å². The van der Waals surface area contributed by atoms with Crippen LogP contribution in [0.2, 0.25) is 0 Å². The molecule has 2 N–H and O–H groups in total. The van der Waals surface area contributed by atoms with Crippen LogP contribution in [0, 0.1) is 6.92 Å². The van der Waals surface area contributed by atoms with Crippen LogP contribution in [0.4, 0.5) is 29.3 Å². The van der Waals surface area contributed by atoms with Gasteiger partial charge in [0.05, 0.1) is 5.69 Å². The van der Waals surface area contributed by atoms with Crippen molar-refractivity contribution in [3.8, 4) is 5.75 Å². The minimum absolute atomic E-state index is 0.173. The van der Waals surface area contributed by atoms with E-state index >= 15 is 0 Å². The molecule has 0 atom stereocenters. The van der Waals surface area contributed by atoms with Crippen LogP contribution in [0.25, 0.3) is 0 Å². The number of anilines is 2. The molecule has 3 rings (SSSR count). The van der Waals surface area contributed by atoms with E-state index in [4.69, 9.17) is 4.74 Å². The van der Waals surface area contributed by atoms with E-state index in [9.17, 15) is 18.0 Å². The Morgan fingerprint density at radius 3 is 2.29 bits per heavy atom. The number of nitrogens with zero attached hydrogens (tertiary/aromatic N) is 1. The Balaban J connectivity index is 1.54. The molecule has 3 aromatic rings. The fourth-order valence-corrected chi connectivity index (χ4v) is 3.54. The van der Waals surface area contributed by atoms with Gasteiger partial charge in [-0.1, -0.05) is 18.2 Å². The molecule has 0 fully saturated rings. The standard InChI is InChI=1S/C22H20F3N3O2S/c1-15-19(26-12-11-20(15)30-14-22(23,24)25)13-31-18-9-7-17(8-10-18)28-21(29)27-16-5-3-2-4-6-16/h2-12H,13-14H2,1H3,(H2,27,28,29). The smallest absolute Gasteiger partial charge is 0.422 e. The second kappa shape index (κ2) is 10.2. The van der Waals surface area contributed by atoms with Crippen LogP contribution in [0.3, 0.4) is 0 Å². The fourth-order valence-electron chi connectivity index (χ4n) is 2.62. The molecule has 1 aromatic heterocycles. The van der Waals surface area contributed by atoms with E-state index in [2.05, 4.69) is 15.6 Å². The van der Waals surface area contributed by atoms with Crippen LogP contribution in [0.5, 0.6) is 5.75 Å². The van der Waals surface area contributed by atoms with Crippen molar-refractivity contribution < 1.29 is 22.7 Å². The highest BCUT2D eigenvalue weighted by Gasteiger charge is 2.28. The van der Waals surface area contributed by atoms with Crippen molar-refractivity contribution >= 4 is 29.2 Å². The Labute approximate surface area is 182 Å². The van der Waals surface area contributed by atoms with Crippen LogP contribution < -0.4 is 15.4 Å². The zero-order chi connectivity index (χ0) is 22.3. The van der Waals surface area contributed by atoms with Crippen molar-refractivity contribution in [3.63, 3.8) is 0 Å². The summed E-state index contributed by atoms with van der Waals surface area (Å²) in [5.74, 6) is 0.642. The lowest BCUT2D eigenvalue weighted by Gasteiger charge is -2.13. The summed E-state index contributed by atoms with van der Waals surface area (Å²) in [5.41, 5.74) is 2.55. The number of urea groups is 1. The molecule has 0 aliphatic rings. The molecule has 2 amide bonds. The number of ether oxygens (including phenoxy) is 1. The van der Waals surface area contributed by atoms with Crippen LogP contribution in [-0.4, -0.2) is 23.8 Å². The maximum Gasteiger partial charge on any atom is 0.422 e. The minimum atomic E-state index is -4.39. The number of hydrogen-bond acceptors (Lipinski definition) is 4. The summed E-state index contributed by atoms with van der Waals surface area (Å²) in [6.45, 7) is 0.351. The third-order valence-electron chi connectivity index (χ3n) is 4.17. The number of nitrogens with one attached hydrogen (secondary N) is 2. The van der Waals surface area contributed by atoms with Gasteiger partial charge in [-0.3, -0.25) is 4.98 Å². The van der Waals surface area contributed by atoms with Crippen LogP contribution in [-0.2, 0) is 5.75 Å². The lowest BCUT2D eigenvalue weighted by Crippen LogP contribution is -2.19. The van der Waals surface area contributed by atoms with E-state index in [1.807, 2.05) is 30.3 Å². The van der Waals surface area contributed by atoms with Gasteiger partial charge in [0.25, 0.3) is 0 Å². The summed E-state index contributed by atoms with van der Waals surface area (Å²) in [7, 11) is 0. The average molecular weight is 447 g/mol. The summed E-state index contributed by atoms with van der Waals surface area (Å²) in [6.07, 6.45) is -2.95. The maximum absolute atomic E-state index is 12.4. The summed E-state index contributed by atoms with van der Waals surface area (Å²) in [6, 6.07) is 17.4. The van der Waals surface area contributed by atoms with Crippen molar-refractivity contribution in [2.75, 3.05) is 17.2 Å². The number of amides is 2. The van der Waals surface area contributed by atoms with Crippen molar-refractivity contribution in [3.05, 3.63) is 78.1 Å². The molecule has 0 bridgehead atoms. The van der Waals surface area contributed by atoms with Crippen molar-refractivity contribution in [1.29, 1.82) is 0 Å². The molecular formula is C22H20F3N3O2S. The number of aromatic nitrogens is 1. The van der Waals surface area contributed by atoms with Crippen LogP contribution in [0.1, 0.15) is 11.3 Å². The van der Waals surface area contributed by atoms with E-state index in [0.717, 1.165) is 4.90 Å². The third kappa shape index (κ3) is 7.21. The number of para-hydroxylation sites is 1. The number of carbonyl (C=O) groups is 1. The zero-order valence-electron chi connectivity index (χ0n) is 16.6. The van der Waals surface area contributed by atoms with Crippen LogP contribution >= 0.6 is 11.8 Å². The SMILES string of the molecule is Cc1c(OCC(F)(F)F)ccnc1CSc1ccc(NC(=O)Nc2ccccc2)cc1. The first-order chi connectivity index (χ1) is 14.8. The molecule has 5 nitrogen and oxygen atoms in total. The highest BCUT2D eigenvalue weighted by Crippen LogP contribution is 2.28. The molecule has 2 aromatic carbocycles. The summed E-state index contributed by atoms with van der Waals surface area (Å²) in [4.78, 5) is 17.2. The lowest BCUT2D eigenvalue weighted by molar-refractivity contribution is -0.153. The van der Waals surface area contributed by atoms with Gasteiger partial charge in [-0.15, -0.1) is 11.8 Å². The summed E-state index contributed by atoms with van der Waals surface area (Å²) in [5, 5.41) is 5.49. The number of alkyl halides is 3. The molecule has 0 radical (unpaired) electrons. The predicted octanol–water partition coefficient (Wildman–Crippen LogP) is 6.27. The van der Waals surface area contributed by atoms with Gasteiger partial charge in [-0.2, -0.15) is 13.2 Å². The predicted molar refractivity (Wildman–Crippen MR) is 116 cm³/mol. The quantitative estimate of drug-likeness (QED) is 0.419. The molecule has 31 heavy (non-hydrogen) atoms. The molecule has 0 saturated heterocycles. The molecule has 0 saturated carbocycles. The maximum atomic E-state index is 12.4. The van der Waals surface area contributed by atoms with Gasteiger partial charge in [0.2, 0.25) is 0 Å². The molecule has 1 heterocycles. The van der Waals surface area contributed by atoms with E-state index in [1.54, 1.807) is 31.2 Å². The molecule has 0 spiro atoms. The Morgan fingerprint density at radius 2 is 1.65 bits per heavy atom. The number of thioether (sulfide) groups is 1. The second-order valence-electron chi connectivity index (χ2n) is 6.54. The highest BCUT2D eigenvalue weighted by atomic mass is 32.2. The van der Waals surface area contributed by atoms with E-state index in [1.165, 1.54) is 24.0 Å². The number of halogens is 3. The third-order valence-corrected chi connectivity index (χ3v) is 5.19. The normalized spacial score (nSPS) is 11.1. The topological polar surface area (TPSA) is 63.2 Å². The first-order valence-corrected chi connectivity index (χ1v) is 10.3. The largest absolute Gasteiger partial charge is 0.484 e. The average Bonchev–Trinajstić information content (AvgIpc) is 2.73. The number of pyridine rings is 1. The minimum Gasteiger partial charge on any atom is -0.484 e. The van der Waals surface area contributed by atoms with E-state index < -0.39 is 12.8 Å². The molecule has 0 aliphatic carbocycles. The van der Waals surface area contributed by atoms with Gasteiger partial charge in [-0.25, -0.2) is 4.79 Å².